The molecule has 2 N–H and O–H groups in total. The van der Waals surface area contributed by atoms with E-state index in [2.05, 4.69) is 13.8 Å². The molecule has 0 aromatic heterocycles. The zero-order chi connectivity index (χ0) is 12.3. The standard InChI is InChI=1S/C12H24N2O2/c1-9-5-6-10(16-9)11(15)14(4)8-12(2,3)7-13/h9-10H,5-8,13H2,1-4H3. The zero-order valence-corrected chi connectivity index (χ0v) is 10.8. The molecule has 4 nitrogen and oxygen atoms in total. The Hall–Kier alpha value is -0.610. The van der Waals surface area contributed by atoms with E-state index in [1.807, 2.05) is 14.0 Å². The quantitative estimate of drug-likeness (QED) is 0.781. The number of hydrogen-bond donors (Lipinski definition) is 1. The summed E-state index contributed by atoms with van der Waals surface area (Å²) in [5.74, 6) is 0.0888. The number of ether oxygens (including phenoxy) is 1. The second-order valence-electron chi connectivity index (χ2n) is 5.58. The van der Waals surface area contributed by atoms with Gasteiger partial charge in [-0.15, -0.1) is 0 Å². The molecule has 2 atom stereocenters. The molecule has 16 heavy (non-hydrogen) atoms. The van der Waals surface area contributed by atoms with Crippen LogP contribution in [0.2, 0.25) is 0 Å². The van der Waals surface area contributed by atoms with Gasteiger partial charge in [-0.1, -0.05) is 13.8 Å². The summed E-state index contributed by atoms with van der Waals surface area (Å²) in [7, 11) is 1.83. The Morgan fingerprint density at radius 3 is 2.56 bits per heavy atom. The fourth-order valence-electron chi connectivity index (χ4n) is 2.01. The van der Waals surface area contributed by atoms with Crippen molar-refractivity contribution in [2.75, 3.05) is 20.1 Å². The van der Waals surface area contributed by atoms with Crippen LogP contribution in [-0.2, 0) is 9.53 Å². The van der Waals surface area contributed by atoms with E-state index in [9.17, 15) is 4.79 Å². The van der Waals surface area contributed by atoms with Gasteiger partial charge in [0.1, 0.15) is 6.10 Å². The van der Waals surface area contributed by atoms with E-state index in [1.165, 1.54) is 0 Å². The molecule has 1 saturated heterocycles. The van der Waals surface area contributed by atoms with E-state index in [0.717, 1.165) is 12.8 Å². The van der Waals surface area contributed by atoms with Crippen molar-refractivity contribution in [2.45, 2.75) is 45.8 Å². The van der Waals surface area contributed by atoms with E-state index in [4.69, 9.17) is 10.5 Å². The van der Waals surface area contributed by atoms with Gasteiger partial charge in [-0.2, -0.15) is 0 Å². The Kier molecular flexibility index (Phi) is 4.33. The molecule has 1 amide bonds. The molecule has 2 unspecified atom stereocenters. The lowest BCUT2D eigenvalue weighted by Crippen LogP contribution is -2.43. The first-order chi connectivity index (χ1) is 7.35. The summed E-state index contributed by atoms with van der Waals surface area (Å²) < 4.78 is 5.57. The highest BCUT2D eigenvalue weighted by Crippen LogP contribution is 2.22. The third-order valence-electron chi connectivity index (χ3n) is 3.10. The molecule has 1 heterocycles. The van der Waals surface area contributed by atoms with E-state index in [-0.39, 0.29) is 23.5 Å². The lowest BCUT2D eigenvalue weighted by molar-refractivity contribution is -0.142. The first kappa shape index (κ1) is 13.5. The fraction of sp³-hybridized carbons (Fsp3) is 0.917. The van der Waals surface area contributed by atoms with E-state index in [0.29, 0.717) is 13.1 Å². The molecule has 0 aliphatic carbocycles. The van der Waals surface area contributed by atoms with E-state index < -0.39 is 0 Å². The monoisotopic (exact) mass is 228 g/mol. The minimum absolute atomic E-state index is 0.0331. The van der Waals surface area contributed by atoms with Gasteiger partial charge in [-0.05, 0) is 31.7 Å². The summed E-state index contributed by atoms with van der Waals surface area (Å²) in [6.07, 6.45) is 1.79. The van der Waals surface area contributed by atoms with Gasteiger partial charge < -0.3 is 15.4 Å². The highest BCUT2D eigenvalue weighted by molar-refractivity contribution is 5.81. The van der Waals surface area contributed by atoms with Crippen LogP contribution >= 0.6 is 0 Å². The second-order valence-corrected chi connectivity index (χ2v) is 5.58. The van der Waals surface area contributed by atoms with Crippen molar-refractivity contribution in [1.29, 1.82) is 0 Å². The number of likely N-dealkylation sites (N-methyl/N-ethyl adjacent to an activating group) is 1. The van der Waals surface area contributed by atoms with Crippen molar-refractivity contribution < 1.29 is 9.53 Å². The fourth-order valence-corrected chi connectivity index (χ4v) is 2.01. The number of hydrogen-bond acceptors (Lipinski definition) is 3. The second kappa shape index (κ2) is 5.15. The first-order valence-electron chi connectivity index (χ1n) is 5.96. The highest BCUT2D eigenvalue weighted by Gasteiger charge is 2.32. The Morgan fingerprint density at radius 2 is 2.12 bits per heavy atom. The van der Waals surface area contributed by atoms with Crippen LogP contribution in [-0.4, -0.2) is 43.2 Å². The predicted molar refractivity (Wildman–Crippen MR) is 64.0 cm³/mol. The Labute approximate surface area is 98.1 Å². The third-order valence-corrected chi connectivity index (χ3v) is 3.10. The number of nitrogens with zero attached hydrogens (tertiary/aromatic N) is 1. The van der Waals surface area contributed by atoms with Crippen molar-refractivity contribution in [3.05, 3.63) is 0 Å². The number of amides is 1. The Morgan fingerprint density at radius 1 is 1.50 bits per heavy atom. The molecule has 0 radical (unpaired) electrons. The number of nitrogens with two attached hydrogens (primary N) is 1. The van der Waals surface area contributed by atoms with E-state index >= 15 is 0 Å². The summed E-state index contributed by atoms with van der Waals surface area (Å²) >= 11 is 0. The SMILES string of the molecule is CC1CCC(C(=O)N(C)CC(C)(C)CN)O1. The molecular weight excluding hydrogens is 204 g/mol. The summed E-state index contributed by atoms with van der Waals surface area (Å²) in [5, 5.41) is 0. The van der Waals surface area contributed by atoms with Crippen LogP contribution < -0.4 is 5.73 Å². The van der Waals surface area contributed by atoms with Crippen molar-refractivity contribution in [2.24, 2.45) is 11.1 Å². The number of carbonyl (C=O) groups is 1. The van der Waals surface area contributed by atoms with Gasteiger partial charge in [-0.25, -0.2) is 0 Å². The van der Waals surface area contributed by atoms with Gasteiger partial charge in [0.2, 0.25) is 0 Å². The molecule has 94 valence electrons. The average molecular weight is 228 g/mol. The van der Waals surface area contributed by atoms with Crippen LogP contribution in [0.15, 0.2) is 0 Å². The number of carbonyl (C=O) groups excluding carboxylic acids is 1. The predicted octanol–water partition coefficient (Wildman–Crippen LogP) is 0.997. The lowest BCUT2D eigenvalue weighted by atomic mass is 9.93. The van der Waals surface area contributed by atoms with Crippen molar-refractivity contribution in [3.63, 3.8) is 0 Å². The van der Waals surface area contributed by atoms with Crippen molar-refractivity contribution >= 4 is 5.91 Å². The van der Waals surface area contributed by atoms with Crippen LogP contribution in [0.4, 0.5) is 0 Å². The molecule has 4 heteroatoms. The van der Waals surface area contributed by atoms with Gasteiger partial charge in [0.15, 0.2) is 0 Å². The van der Waals surface area contributed by atoms with Crippen LogP contribution in [0, 0.1) is 5.41 Å². The minimum atomic E-state index is -0.242. The van der Waals surface area contributed by atoms with Crippen molar-refractivity contribution in [3.8, 4) is 0 Å². The smallest absolute Gasteiger partial charge is 0.251 e. The molecule has 0 bridgehead atoms. The van der Waals surface area contributed by atoms with Crippen LogP contribution in [0.1, 0.15) is 33.6 Å². The van der Waals surface area contributed by atoms with Gasteiger partial charge in [0, 0.05) is 13.6 Å². The van der Waals surface area contributed by atoms with Gasteiger partial charge in [0.25, 0.3) is 5.91 Å². The average Bonchev–Trinajstić information content (AvgIpc) is 2.63. The normalized spacial score (nSPS) is 25.8. The van der Waals surface area contributed by atoms with Gasteiger partial charge >= 0.3 is 0 Å². The lowest BCUT2D eigenvalue weighted by Gasteiger charge is -2.30. The van der Waals surface area contributed by atoms with Crippen molar-refractivity contribution in [1.82, 2.24) is 4.90 Å². The summed E-state index contributed by atoms with van der Waals surface area (Å²) in [6, 6.07) is 0. The minimum Gasteiger partial charge on any atom is -0.365 e. The highest BCUT2D eigenvalue weighted by atomic mass is 16.5. The molecule has 1 aliphatic heterocycles. The van der Waals surface area contributed by atoms with Crippen LogP contribution in [0.5, 0.6) is 0 Å². The molecule has 1 fully saturated rings. The first-order valence-corrected chi connectivity index (χ1v) is 5.96. The third kappa shape index (κ3) is 3.46. The maximum atomic E-state index is 12.0. The van der Waals surface area contributed by atoms with Crippen LogP contribution in [0.3, 0.4) is 0 Å². The molecule has 1 rings (SSSR count). The summed E-state index contributed by atoms with van der Waals surface area (Å²) in [6.45, 7) is 7.39. The van der Waals surface area contributed by atoms with Gasteiger partial charge in [0.05, 0.1) is 6.10 Å². The van der Waals surface area contributed by atoms with Crippen LogP contribution in [0.25, 0.3) is 0 Å². The molecular formula is C12H24N2O2. The Balaban J connectivity index is 2.48. The molecule has 0 aromatic rings. The number of rotatable bonds is 4. The maximum Gasteiger partial charge on any atom is 0.251 e. The molecule has 0 spiro atoms. The molecule has 1 aliphatic rings. The molecule has 0 saturated carbocycles. The zero-order valence-electron chi connectivity index (χ0n) is 10.8. The van der Waals surface area contributed by atoms with Gasteiger partial charge in [-0.3, -0.25) is 4.79 Å². The maximum absolute atomic E-state index is 12.0. The topological polar surface area (TPSA) is 55.6 Å². The Bertz CT molecular complexity index is 253. The largest absolute Gasteiger partial charge is 0.365 e. The summed E-state index contributed by atoms with van der Waals surface area (Å²) in [4.78, 5) is 13.8. The summed E-state index contributed by atoms with van der Waals surface area (Å²) in [5.41, 5.74) is 5.63. The van der Waals surface area contributed by atoms with E-state index in [1.54, 1.807) is 4.90 Å². The molecule has 0 aromatic carbocycles.